The zero-order valence-electron chi connectivity index (χ0n) is 21.6. The third-order valence-corrected chi connectivity index (χ3v) is 7.31. The highest BCUT2D eigenvalue weighted by molar-refractivity contribution is 6.19. The molecule has 2 aliphatic rings. The van der Waals surface area contributed by atoms with Crippen molar-refractivity contribution in [2.45, 2.75) is 46.5 Å². The normalized spacial score (nSPS) is 20.7. The molecule has 5 rings (SSSR count). The van der Waals surface area contributed by atoms with Crippen molar-refractivity contribution < 1.29 is 14.3 Å². The number of ketones is 1. The van der Waals surface area contributed by atoms with Gasteiger partial charge in [0, 0.05) is 46.0 Å². The van der Waals surface area contributed by atoms with Gasteiger partial charge in [0.1, 0.15) is 17.4 Å². The molecule has 4 nitrogen and oxygen atoms in total. The summed E-state index contributed by atoms with van der Waals surface area (Å²) >= 11 is 0. The SMILES string of the molecule is Cc1ccc(/C(O)=C2\C(=N)N(c3ccc(C)cc3)C3=C(C(=O)CC(C)(C)C3)C2c2ccccc2F)cc1. The molecule has 37 heavy (non-hydrogen) atoms. The number of anilines is 1. The molecule has 0 saturated carbocycles. The number of aliphatic hydroxyl groups excluding tert-OH is 1. The number of hydrogen-bond donors (Lipinski definition) is 2. The summed E-state index contributed by atoms with van der Waals surface area (Å²) in [6.07, 6.45) is 0.859. The molecule has 0 aromatic heterocycles. The Hall–Kier alpha value is -3.99. The molecule has 3 aromatic carbocycles. The van der Waals surface area contributed by atoms with E-state index in [1.165, 1.54) is 6.07 Å². The fourth-order valence-electron chi connectivity index (χ4n) is 5.48. The van der Waals surface area contributed by atoms with E-state index < -0.39 is 11.7 Å². The molecular formula is C32H31FN2O2. The van der Waals surface area contributed by atoms with Crippen LogP contribution in [0.3, 0.4) is 0 Å². The van der Waals surface area contributed by atoms with Gasteiger partial charge < -0.3 is 5.11 Å². The number of aryl methyl sites for hydroxylation is 2. The van der Waals surface area contributed by atoms with E-state index in [0.29, 0.717) is 29.7 Å². The number of hydrogen-bond acceptors (Lipinski definition) is 3. The number of rotatable bonds is 3. The second-order valence-electron chi connectivity index (χ2n) is 10.9. The molecule has 5 heteroatoms. The summed E-state index contributed by atoms with van der Waals surface area (Å²) in [5.41, 5.74) is 4.69. The van der Waals surface area contributed by atoms with Crippen molar-refractivity contribution in [2.75, 3.05) is 4.90 Å². The third kappa shape index (κ3) is 4.39. The lowest BCUT2D eigenvalue weighted by Gasteiger charge is -2.45. The van der Waals surface area contributed by atoms with Gasteiger partial charge in [0.25, 0.3) is 0 Å². The van der Waals surface area contributed by atoms with E-state index in [1.54, 1.807) is 35.2 Å². The van der Waals surface area contributed by atoms with Crippen molar-refractivity contribution in [1.29, 1.82) is 5.41 Å². The Balaban J connectivity index is 1.86. The van der Waals surface area contributed by atoms with Gasteiger partial charge in [-0.2, -0.15) is 0 Å². The van der Waals surface area contributed by atoms with Crippen molar-refractivity contribution >= 4 is 23.1 Å². The molecule has 2 N–H and O–H groups in total. The van der Waals surface area contributed by atoms with Crippen molar-refractivity contribution in [3.63, 3.8) is 0 Å². The summed E-state index contributed by atoms with van der Waals surface area (Å²) in [5, 5.41) is 21.1. The zero-order valence-corrected chi connectivity index (χ0v) is 21.6. The molecule has 0 fully saturated rings. The Kier molecular flexibility index (Phi) is 6.10. The van der Waals surface area contributed by atoms with Gasteiger partial charge in [-0.3, -0.25) is 15.1 Å². The molecule has 1 aliphatic carbocycles. The van der Waals surface area contributed by atoms with Gasteiger partial charge in [-0.15, -0.1) is 0 Å². The first kappa shape index (κ1) is 24.7. The lowest BCUT2D eigenvalue weighted by molar-refractivity contribution is -0.118. The van der Waals surface area contributed by atoms with Gasteiger partial charge in [0.15, 0.2) is 5.78 Å². The predicted octanol–water partition coefficient (Wildman–Crippen LogP) is 7.64. The van der Waals surface area contributed by atoms with Crippen LogP contribution in [-0.2, 0) is 4.79 Å². The monoisotopic (exact) mass is 494 g/mol. The highest BCUT2D eigenvalue weighted by Crippen LogP contribution is 2.51. The summed E-state index contributed by atoms with van der Waals surface area (Å²) in [6.45, 7) is 8.03. The van der Waals surface area contributed by atoms with E-state index >= 15 is 4.39 Å². The number of Topliss-reactive ketones (excluding diaryl/α,β-unsaturated/α-hetero) is 1. The van der Waals surface area contributed by atoms with E-state index in [2.05, 4.69) is 0 Å². The molecular weight excluding hydrogens is 463 g/mol. The van der Waals surface area contributed by atoms with Crippen LogP contribution in [0.4, 0.5) is 10.1 Å². The Morgan fingerprint density at radius 3 is 2.16 bits per heavy atom. The van der Waals surface area contributed by atoms with Crippen LogP contribution in [-0.4, -0.2) is 16.7 Å². The van der Waals surface area contributed by atoms with Crippen LogP contribution in [0.15, 0.2) is 89.6 Å². The molecule has 0 saturated heterocycles. The van der Waals surface area contributed by atoms with Crippen LogP contribution in [0.25, 0.3) is 5.76 Å². The number of amidine groups is 1. The number of nitrogens with zero attached hydrogens (tertiary/aromatic N) is 1. The van der Waals surface area contributed by atoms with Crippen LogP contribution in [0, 0.1) is 30.5 Å². The maximum atomic E-state index is 15.4. The first-order chi connectivity index (χ1) is 17.6. The fraction of sp³-hybridized carbons (Fsp3) is 0.250. The molecule has 188 valence electrons. The molecule has 0 amide bonds. The van der Waals surface area contributed by atoms with E-state index in [0.717, 1.165) is 16.8 Å². The van der Waals surface area contributed by atoms with Crippen molar-refractivity contribution in [2.24, 2.45) is 5.41 Å². The van der Waals surface area contributed by atoms with Crippen LogP contribution >= 0.6 is 0 Å². The van der Waals surface area contributed by atoms with Crippen molar-refractivity contribution in [3.8, 4) is 0 Å². The third-order valence-electron chi connectivity index (χ3n) is 7.31. The molecule has 3 aromatic rings. The highest BCUT2D eigenvalue weighted by atomic mass is 19.1. The van der Waals surface area contributed by atoms with Gasteiger partial charge in [-0.25, -0.2) is 4.39 Å². The largest absolute Gasteiger partial charge is 0.507 e. The molecule has 0 spiro atoms. The highest BCUT2D eigenvalue weighted by Gasteiger charge is 2.47. The quantitative estimate of drug-likeness (QED) is 0.368. The Labute approximate surface area is 217 Å². The first-order valence-corrected chi connectivity index (χ1v) is 12.5. The van der Waals surface area contributed by atoms with Gasteiger partial charge in [0.05, 0.1) is 0 Å². The zero-order chi connectivity index (χ0) is 26.5. The molecule has 1 unspecified atom stereocenters. The van der Waals surface area contributed by atoms with Gasteiger partial charge in [-0.05, 0) is 43.9 Å². The number of nitrogens with one attached hydrogen (secondary N) is 1. The fourth-order valence-corrected chi connectivity index (χ4v) is 5.48. The van der Waals surface area contributed by atoms with Crippen molar-refractivity contribution in [1.82, 2.24) is 0 Å². The van der Waals surface area contributed by atoms with Gasteiger partial charge in [0.2, 0.25) is 0 Å². The number of carbonyl (C=O) groups is 1. The summed E-state index contributed by atoms with van der Waals surface area (Å²) in [4.78, 5) is 15.6. The summed E-state index contributed by atoms with van der Waals surface area (Å²) in [6, 6.07) is 21.5. The lowest BCUT2D eigenvalue weighted by atomic mass is 9.67. The lowest BCUT2D eigenvalue weighted by Crippen LogP contribution is -2.45. The minimum atomic E-state index is -0.893. The van der Waals surface area contributed by atoms with E-state index in [4.69, 9.17) is 0 Å². The number of benzene rings is 3. The summed E-state index contributed by atoms with van der Waals surface area (Å²) in [5.74, 6) is -1.53. The van der Waals surface area contributed by atoms with E-state index in [1.807, 2.05) is 64.1 Å². The van der Waals surface area contributed by atoms with Crippen LogP contribution < -0.4 is 4.90 Å². The van der Waals surface area contributed by atoms with Gasteiger partial charge in [-0.1, -0.05) is 79.6 Å². The number of allylic oxidation sites excluding steroid dienone is 2. The average molecular weight is 495 g/mol. The Bertz CT molecular complexity index is 1460. The smallest absolute Gasteiger partial charge is 0.162 e. The summed E-state index contributed by atoms with van der Waals surface area (Å²) in [7, 11) is 0. The molecule has 0 bridgehead atoms. The Morgan fingerprint density at radius 2 is 1.54 bits per heavy atom. The number of halogens is 1. The van der Waals surface area contributed by atoms with Crippen LogP contribution in [0.2, 0.25) is 0 Å². The van der Waals surface area contributed by atoms with Crippen LogP contribution in [0.1, 0.15) is 54.9 Å². The minimum absolute atomic E-state index is 0.0411. The van der Waals surface area contributed by atoms with Gasteiger partial charge >= 0.3 is 0 Å². The second kappa shape index (κ2) is 9.15. The van der Waals surface area contributed by atoms with Crippen LogP contribution in [0.5, 0.6) is 0 Å². The Morgan fingerprint density at radius 1 is 0.946 bits per heavy atom. The predicted molar refractivity (Wildman–Crippen MR) is 146 cm³/mol. The molecule has 1 aliphatic heterocycles. The first-order valence-electron chi connectivity index (χ1n) is 12.5. The van der Waals surface area contributed by atoms with E-state index in [9.17, 15) is 15.3 Å². The number of aliphatic hydroxyl groups is 1. The molecule has 1 atom stereocenters. The van der Waals surface area contributed by atoms with E-state index in [-0.39, 0.29) is 33.9 Å². The van der Waals surface area contributed by atoms with Crippen molar-refractivity contribution in [3.05, 3.63) is 118 Å². The minimum Gasteiger partial charge on any atom is -0.507 e. The standard InChI is InChI=1S/C32H31FN2O2/c1-19-9-13-21(14-10-19)30(37)29-27(23-7-5-6-8-24(23)33)28-25(17-32(3,4)18-26(28)36)35(31(29)34)22-15-11-20(2)12-16-22/h5-16,27,34,37H,17-18H2,1-4H3/b30-29+,34-31?. The second-order valence-corrected chi connectivity index (χ2v) is 10.9. The average Bonchev–Trinajstić information content (AvgIpc) is 2.84. The maximum absolute atomic E-state index is 15.4. The topological polar surface area (TPSA) is 64.4 Å². The molecule has 0 radical (unpaired) electrons. The maximum Gasteiger partial charge on any atom is 0.162 e. The molecule has 1 heterocycles. The number of carbonyl (C=O) groups excluding carboxylic acids is 1. The summed E-state index contributed by atoms with van der Waals surface area (Å²) < 4.78 is 15.4.